The number of aliphatic hydroxyl groups excluding tert-OH is 1. The maximum Gasteiger partial charge on any atom is 0.219 e. The van der Waals surface area contributed by atoms with E-state index in [4.69, 9.17) is 0 Å². The molecule has 0 aromatic heterocycles. The van der Waals surface area contributed by atoms with Gasteiger partial charge >= 0.3 is 0 Å². The number of nitrogens with one attached hydrogen (secondary N) is 1. The van der Waals surface area contributed by atoms with Crippen LogP contribution < -0.4 is 5.32 Å². The van der Waals surface area contributed by atoms with Gasteiger partial charge in [-0.05, 0) is 47.6 Å². The highest BCUT2D eigenvalue weighted by atomic mass is 19.1. The van der Waals surface area contributed by atoms with Crippen molar-refractivity contribution in [2.75, 3.05) is 19.7 Å². The Labute approximate surface area is 171 Å². The van der Waals surface area contributed by atoms with E-state index >= 15 is 0 Å². The lowest BCUT2D eigenvalue weighted by Crippen LogP contribution is -2.67. The van der Waals surface area contributed by atoms with Crippen LogP contribution >= 0.6 is 0 Å². The number of nitrogens with zero attached hydrogens (tertiary/aromatic N) is 1. The van der Waals surface area contributed by atoms with Crippen molar-refractivity contribution >= 4 is 5.91 Å². The molecule has 1 heterocycles. The minimum atomic E-state index is -0.242. The Bertz CT molecular complexity index is 850. The van der Waals surface area contributed by atoms with E-state index in [9.17, 15) is 14.3 Å². The second-order valence-corrected chi connectivity index (χ2v) is 8.27. The van der Waals surface area contributed by atoms with Gasteiger partial charge in [0.1, 0.15) is 5.82 Å². The van der Waals surface area contributed by atoms with Crippen LogP contribution in [-0.2, 0) is 4.79 Å². The Morgan fingerprint density at radius 3 is 2.52 bits per heavy atom. The molecule has 2 aromatic rings. The van der Waals surface area contributed by atoms with E-state index in [-0.39, 0.29) is 36.3 Å². The number of halogens is 1. The van der Waals surface area contributed by atoms with E-state index in [0.717, 1.165) is 29.2 Å². The van der Waals surface area contributed by atoms with Crippen molar-refractivity contribution in [3.05, 3.63) is 59.9 Å². The first-order chi connectivity index (χ1) is 14.1. The van der Waals surface area contributed by atoms with Crippen LogP contribution in [0.5, 0.6) is 0 Å². The Morgan fingerprint density at radius 2 is 1.90 bits per heavy atom. The summed E-state index contributed by atoms with van der Waals surface area (Å²) in [5, 5.41) is 13.1. The SMILES string of the molecule is CCC(=O)NC[C@@H]1[C@@H](c2ccc(-c3cccc(F)c3)cc2)[C@@H](CO)N1CC1CC1. The van der Waals surface area contributed by atoms with Gasteiger partial charge in [0.25, 0.3) is 0 Å². The van der Waals surface area contributed by atoms with Crippen LogP contribution in [-0.4, -0.2) is 47.7 Å². The van der Waals surface area contributed by atoms with Crippen molar-refractivity contribution in [2.24, 2.45) is 5.92 Å². The van der Waals surface area contributed by atoms with E-state index in [0.29, 0.717) is 13.0 Å². The quantitative estimate of drug-likeness (QED) is 0.717. The monoisotopic (exact) mass is 396 g/mol. The normalized spacial score (nSPS) is 24.2. The Morgan fingerprint density at radius 1 is 1.14 bits per heavy atom. The molecule has 0 radical (unpaired) electrons. The van der Waals surface area contributed by atoms with Gasteiger partial charge < -0.3 is 10.4 Å². The second-order valence-electron chi connectivity index (χ2n) is 8.27. The highest BCUT2D eigenvalue weighted by Crippen LogP contribution is 2.44. The lowest BCUT2D eigenvalue weighted by molar-refractivity contribution is -0.122. The maximum atomic E-state index is 13.5. The van der Waals surface area contributed by atoms with Gasteiger partial charge in [0.05, 0.1) is 6.61 Å². The number of likely N-dealkylation sites (tertiary alicyclic amines) is 1. The van der Waals surface area contributed by atoms with E-state index in [1.807, 2.05) is 25.1 Å². The number of rotatable bonds is 8. The zero-order chi connectivity index (χ0) is 20.4. The van der Waals surface area contributed by atoms with Crippen LogP contribution in [0, 0.1) is 11.7 Å². The average molecular weight is 397 g/mol. The van der Waals surface area contributed by atoms with E-state index in [2.05, 4.69) is 22.3 Å². The van der Waals surface area contributed by atoms with Crippen molar-refractivity contribution in [1.82, 2.24) is 10.2 Å². The molecule has 2 aromatic carbocycles. The Hall–Kier alpha value is -2.24. The number of carbonyl (C=O) groups excluding carboxylic acids is 1. The molecule has 3 atom stereocenters. The molecule has 154 valence electrons. The summed E-state index contributed by atoms with van der Waals surface area (Å²) in [6, 6.07) is 15.1. The third-order valence-corrected chi connectivity index (χ3v) is 6.32. The fraction of sp³-hybridized carbons (Fsp3) is 0.458. The summed E-state index contributed by atoms with van der Waals surface area (Å²) < 4.78 is 13.5. The highest BCUT2D eigenvalue weighted by molar-refractivity contribution is 5.75. The first-order valence-electron chi connectivity index (χ1n) is 10.6. The van der Waals surface area contributed by atoms with Gasteiger partial charge in [-0.2, -0.15) is 0 Å². The molecular weight excluding hydrogens is 367 g/mol. The fourth-order valence-electron chi connectivity index (χ4n) is 4.50. The topological polar surface area (TPSA) is 52.6 Å². The van der Waals surface area contributed by atoms with E-state index < -0.39 is 0 Å². The van der Waals surface area contributed by atoms with Gasteiger partial charge in [0.2, 0.25) is 5.91 Å². The summed E-state index contributed by atoms with van der Waals surface area (Å²) in [6.07, 6.45) is 3.00. The summed E-state index contributed by atoms with van der Waals surface area (Å²) in [7, 11) is 0. The van der Waals surface area contributed by atoms with Crippen LogP contribution in [0.2, 0.25) is 0 Å². The number of benzene rings is 2. The van der Waals surface area contributed by atoms with Gasteiger partial charge in [-0.1, -0.05) is 43.3 Å². The molecular formula is C24H29FN2O2. The third-order valence-electron chi connectivity index (χ3n) is 6.32. The maximum absolute atomic E-state index is 13.5. The van der Waals surface area contributed by atoms with Crippen molar-refractivity contribution in [2.45, 2.75) is 44.2 Å². The zero-order valence-electron chi connectivity index (χ0n) is 16.9. The Kier molecular flexibility index (Phi) is 5.97. The molecule has 1 saturated heterocycles. The number of amides is 1. The summed E-state index contributed by atoms with van der Waals surface area (Å²) in [4.78, 5) is 14.2. The first kappa shape index (κ1) is 20.0. The van der Waals surface area contributed by atoms with E-state index in [1.54, 1.807) is 6.07 Å². The molecule has 2 fully saturated rings. The molecule has 4 nitrogen and oxygen atoms in total. The molecule has 29 heavy (non-hydrogen) atoms. The number of carbonyl (C=O) groups is 1. The molecule has 0 unspecified atom stereocenters. The lowest BCUT2D eigenvalue weighted by atomic mass is 9.74. The summed E-state index contributed by atoms with van der Waals surface area (Å²) in [5.74, 6) is 0.722. The summed E-state index contributed by atoms with van der Waals surface area (Å²) in [5.41, 5.74) is 2.98. The van der Waals surface area contributed by atoms with Crippen LogP contribution in [0.25, 0.3) is 11.1 Å². The van der Waals surface area contributed by atoms with Crippen LogP contribution in [0.3, 0.4) is 0 Å². The van der Waals surface area contributed by atoms with Gasteiger partial charge in [0.15, 0.2) is 0 Å². The molecule has 0 spiro atoms. The van der Waals surface area contributed by atoms with Gasteiger partial charge in [-0.25, -0.2) is 4.39 Å². The van der Waals surface area contributed by atoms with Crippen molar-refractivity contribution in [3.63, 3.8) is 0 Å². The molecule has 1 saturated carbocycles. The zero-order valence-corrected chi connectivity index (χ0v) is 16.9. The largest absolute Gasteiger partial charge is 0.395 e. The molecule has 2 N–H and O–H groups in total. The van der Waals surface area contributed by atoms with Crippen LogP contribution in [0.4, 0.5) is 4.39 Å². The summed E-state index contributed by atoms with van der Waals surface area (Å²) in [6.45, 7) is 3.57. The second kappa shape index (κ2) is 8.64. The van der Waals surface area contributed by atoms with Gasteiger partial charge in [0, 0.05) is 37.5 Å². The van der Waals surface area contributed by atoms with Crippen molar-refractivity contribution < 1.29 is 14.3 Å². The minimum absolute atomic E-state index is 0.0593. The number of hydrogen-bond acceptors (Lipinski definition) is 3. The predicted molar refractivity (Wildman–Crippen MR) is 112 cm³/mol. The Balaban J connectivity index is 1.54. The smallest absolute Gasteiger partial charge is 0.219 e. The highest BCUT2D eigenvalue weighted by Gasteiger charge is 2.49. The number of hydrogen-bond donors (Lipinski definition) is 2. The van der Waals surface area contributed by atoms with Crippen LogP contribution in [0.1, 0.15) is 37.7 Å². The van der Waals surface area contributed by atoms with Gasteiger partial charge in [-0.3, -0.25) is 9.69 Å². The standard InChI is InChI=1S/C24H29FN2O2/c1-2-23(29)26-13-21-24(22(15-28)27(21)14-16-6-7-16)18-10-8-17(9-11-18)19-4-3-5-20(25)12-19/h3-5,8-12,16,21-22,24,28H,2,6-7,13-15H2,1H3,(H,26,29)/t21-,22-,24-/m1/s1. The van der Waals surface area contributed by atoms with Crippen molar-refractivity contribution in [1.29, 1.82) is 0 Å². The molecule has 1 aliphatic heterocycles. The third kappa shape index (κ3) is 4.36. The van der Waals surface area contributed by atoms with Crippen LogP contribution in [0.15, 0.2) is 48.5 Å². The average Bonchev–Trinajstić information content (AvgIpc) is 3.55. The first-order valence-corrected chi connectivity index (χ1v) is 10.6. The van der Waals surface area contributed by atoms with E-state index in [1.165, 1.54) is 25.0 Å². The number of aliphatic hydroxyl groups is 1. The molecule has 2 aliphatic rings. The summed E-state index contributed by atoms with van der Waals surface area (Å²) >= 11 is 0. The molecule has 1 aliphatic carbocycles. The van der Waals surface area contributed by atoms with Crippen molar-refractivity contribution in [3.8, 4) is 11.1 Å². The molecule has 4 rings (SSSR count). The lowest BCUT2D eigenvalue weighted by Gasteiger charge is -2.55. The van der Waals surface area contributed by atoms with Gasteiger partial charge in [-0.15, -0.1) is 0 Å². The molecule has 1 amide bonds. The predicted octanol–water partition coefficient (Wildman–Crippen LogP) is 3.56. The fourth-order valence-corrected chi connectivity index (χ4v) is 4.50. The molecule has 0 bridgehead atoms. The minimum Gasteiger partial charge on any atom is -0.395 e. The molecule has 5 heteroatoms.